The molecule has 2 amide bonds. The fraction of sp³-hybridized carbons (Fsp3) is 0.455. The van der Waals surface area contributed by atoms with E-state index in [0.29, 0.717) is 19.5 Å². The number of carbonyl (C=O) groups is 2. The molecule has 2 heterocycles. The van der Waals surface area contributed by atoms with Gasteiger partial charge in [0.1, 0.15) is 0 Å². The number of rotatable bonds is 5. The van der Waals surface area contributed by atoms with Crippen LogP contribution in [0, 0.1) is 0 Å². The molecule has 1 aliphatic heterocycles. The zero-order valence-corrected chi connectivity index (χ0v) is 12.9. The first kappa shape index (κ1) is 13.9. The summed E-state index contributed by atoms with van der Waals surface area (Å²) in [5, 5.41) is 4.95. The molecule has 0 unspecified atom stereocenters. The third kappa shape index (κ3) is 4.00. The Balaban J connectivity index is 1.67. The minimum atomic E-state index is -0.0120. The van der Waals surface area contributed by atoms with E-state index in [1.165, 1.54) is 11.8 Å². The van der Waals surface area contributed by atoms with Crippen molar-refractivity contribution in [2.75, 3.05) is 18.8 Å². The summed E-state index contributed by atoms with van der Waals surface area (Å²) in [5.74, 6) is 0.825. The number of amides is 2. The van der Waals surface area contributed by atoms with Crippen molar-refractivity contribution >= 4 is 50.2 Å². The fourth-order valence-electron chi connectivity index (χ4n) is 1.59. The molecule has 0 atom stereocenters. The predicted octanol–water partition coefficient (Wildman–Crippen LogP) is 2.69. The van der Waals surface area contributed by atoms with E-state index in [4.69, 9.17) is 0 Å². The van der Waals surface area contributed by atoms with Gasteiger partial charge in [-0.3, -0.25) is 9.59 Å². The summed E-state index contributed by atoms with van der Waals surface area (Å²) in [7, 11) is 0. The molecule has 0 spiro atoms. The van der Waals surface area contributed by atoms with Crippen LogP contribution in [0.5, 0.6) is 0 Å². The summed E-state index contributed by atoms with van der Waals surface area (Å²) in [6.45, 7) is 1.82. The highest BCUT2D eigenvalue weighted by molar-refractivity contribution is 9.11. The van der Waals surface area contributed by atoms with Gasteiger partial charge < -0.3 is 10.2 Å². The average Bonchev–Trinajstić information content (AvgIpc) is 2.93. The summed E-state index contributed by atoms with van der Waals surface area (Å²) >= 11 is 6.30. The third-order valence-corrected chi connectivity index (χ3v) is 5.01. The first-order chi connectivity index (χ1) is 8.65. The molecule has 0 aliphatic carbocycles. The molecule has 0 radical (unpaired) electrons. The number of thiophene rings is 1. The standard InChI is InChI=1S/C11H13BrN2O2S2/c12-9-5-8(7-18-9)6-13-10(15)1-2-14-3-4-17-11(14)16/h5,7H,1-4,6H2,(H,13,15). The van der Waals surface area contributed by atoms with Crippen molar-refractivity contribution in [1.82, 2.24) is 10.2 Å². The minimum Gasteiger partial charge on any atom is -0.352 e. The molecule has 7 heteroatoms. The zero-order valence-electron chi connectivity index (χ0n) is 9.65. The molecule has 1 saturated heterocycles. The van der Waals surface area contributed by atoms with Crippen LogP contribution >= 0.6 is 39.0 Å². The SMILES string of the molecule is O=C(CCN1CCSC1=O)NCc1csc(Br)c1. The largest absolute Gasteiger partial charge is 0.352 e. The summed E-state index contributed by atoms with van der Waals surface area (Å²) < 4.78 is 1.06. The maximum Gasteiger partial charge on any atom is 0.281 e. The topological polar surface area (TPSA) is 49.4 Å². The average molecular weight is 349 g/mol. The van der Waals surface area contributed by atoms with Gasteiger partial charge in [0.15, 0.2) is 0 Å². The molecular formula is C11H13BrN2O2S2. The molecule has 98 valence electrons. The number of hydrogen-bond acceptors (Lipinski definition) is 4. The van der Waals surface area contributed by atoms with E-state index in [9.17, 15) is 9.59 Å². The lowest BCUT2D eigenvalue weighted by Crippen LogP contribution is -2.30. The molecule has 1 N–H and O–H groups in total. The second-order valence-electron chi connectivity index (χ2n) is 3.89. The smallest absolute Gasteiger partial charge is 0.281 e. The molecule has 0 saturated carbocycles. The lowest BCUT2D eigenvalue weighted by molar-refractivity contribution is -0.121. The van der Waals surface area contributed by atoms with Crippen molar-refractivity contribution in [1.29, 1.82) is 0 Å². The van der Waals surface area contributed by atoms with Gasteiger partial charge >= 0.3 is 0 Å². The van der Waals surface area contributed by atoms with E-state index in [-0.39, 0.29) is 11.1 Å². The highest BCUT2D eigenvalue weighted by atomic mass is 79.9. The third-order valence-electron chi connectivity index (χ3n) is 2.57. The fourth-order valence-corrected chi connectivity index (χ4v) is 3.65. The van der Waals surface area contributed by atoms with Crippen LogP contribution in [0.1, 0.15) is 12.0 Å². The van der Waals surface area contributed by atoms with Crippen molar-refractivity contribution in [2.24, 2.45) is 0 Å². The summed E-state index contributed by atoms with van der Waals surface area (Å²) in [4.78, 5) is 24.7. The van der Waals surface area contributed by atoms with Crippen LogP contribution in [0.2, 0.25) is 0 Å². The lowest BCUT2D eigenvalue weighted by Gasteiger charge is -2.13. The van der Waals surface area contributed by atoms with Gasteiger partial charge in [0.05, 0.1) is 3.79 Å². The number of hydrogen-bond donors (Lipinski definition) is 1. The Kier molecular flexibility index (Phi) is 5.08. The number of carbonyl (C=O) groups excluding carboxylic acids is 2. The van der Waals surface area contributed by atoms with Gasteiger partial charge in [-0.2, -0.15) is 0 Å². The van der Waals surface area contributed by atoms with Crippen LogP contribution in [-0.4, -0.2) is 34.9 Å². The molecule has 0 bridgehead atoms. The molecule has 0 aromatic carbocycles. The van der Waals surface area contributed by atoms with Crippen LogP contribution in [0.3, 0.4) is 0 Å². The Hall–Kier alpha value is -0.530. The Morgan fingerprint density at radius 1 is 1.56 bits per heavy atom. The molecule has 18 heavy (non-hydrogen) atoms. The van der Waals surface area contributed by atoms with Crippen LogP contribution < -0.4 is 5.32 Å². The van der Waals surface area contributed by atoms with E-state index < -0.39 is 0 Å². The summed E-state index contributed by atoms with van der Waals surface area (Å²) in [6, 6.07) is 1.99. The predicted molar refractivity (Wildman–Crippen MR) is 77.9 cm³/mol. The van der Waals surface area contributed by atoms with Crippen LogP contribution in [-0.2, 0) is 11.3 Å². The molecular weight excluding hydrogens is 336 g/mol. The van der Waals surface area contributed by atoms with Gasteiger partial charge in [-0.15, -0.1) is 11.3 Å². The van der Waals surface area contributed by atoms with E-state index in [1.54, 1.807) is 16.2 Å². The maximum absolute atomic E-state index is 11.6. The molecule has 1 aromatic heterocycles. The zero-order chi connectivity index (χ0) is 13.0. The monoisotopic (exact) mass is 348 g/mol. The second-order valence-corrected chi connectivity index (χ2v) is 7.22. The van der Waals surface area contributed by atoms with Crippen LogP contribution in [0.4, 0.5) is 4.79 Å². The van der Waals surface area contributed by atoms with Gasteiger partial charge in [-0.1, -0.05) is 11.8 Å². The van der Waals surface area contributed by atoms with Crippen molar-refractivity contribution in [3.63, 3.8) is 0 Å². The van der Waals surface area contributed by atoms with Crippen molar-refractivity contribution in [3.05, 3.63) is 20.8 Å². The summed E-state index contributed by atoms with van der Waals surface area (Å²) in [6.07, 6.45) is 0.373. The van der Waals surface area contributed by atoms with E-state index in [0.717, 1.165) is 21.6 Å². The van der Waals surface area contributed by atoms with Crippen molar-refractivity contribution in [3.8, 4) is 0 Å². The van der Waals surface area contributed by atoms with Crippen molar-refractivity contribution in [2.45, 2.75) is 13.0 Å². The summed E-state index contributed by atoms with van der Waals surface area (Å²) in [5.41, 5.74) is 1.09. The molecule has 1 aromatic rings. The molecule has 2 rings (SSSR count). The number of nitrogens with zero attached hydrogens (tertiary/aromatic N) is 1. The van der Waals surface area contributed by atoms with Gasteiger partial charge in [0.25, 0.3) is 5.24 Å². The quantitative estimate of drug-likeness (QED) is 0.889. The van der Waals surface area contributed by atoms with E-state index in [1.807, 2.05) is 11.4 Å². The second kappa shape index (κ2) is 6.58. The highest BCUT2D eigenvalue weighted by Gasteiger charge is 2.21. The Morgan fingerprint density at radius 3 is 3.00 bits per heavy atom. The molecule has 1 fully saturated rings. The van der Waals surface area contributed by atoms with Gasteiger partial charge in [0, 0.05) is 31.8 Å². The van der Waals surface area contributed by atoms with Crippen molar-refractivity contribution < 1.29 is 9.59 Å². The van der Waals surface area contributed by atoms with Crippen LogP contribution in [0.25, 0.3) is 0 Å². The normalized spacial score (nSPS) is 15.2. The maximum atomic E-state index is 11.6. The van der Waals surface area contributed by atoms with Gasteiger partial charge in [-0.25, -0.2) is 0 Å². The van der Waals surface area contributed by atoms with E-state index in [2.05, 4.69) is 21.2 Å². The molecule has 1 aliphatic rings. The number of nitrogens with one attached hydrogen (secondary N) is 1. The van der Waals surface area contributed by atoms with Gasteiger partial charge in [-0.05, 0) is 32.9 Å². The van der Waals surface area contributed by atoms with E-state index >= 15 is 0 Å². The first-order valence-electron chi connectivity index (χ1n) is 5.56. The van der Waals surface area contributed by atoms with Gasteiger partial charge in [0.2, 0.25) is 5.91 Å². The minimum absolute atomic E-state index is 0.0120. The van der Waals surface area contributed by atoms with Crippen LogP contribution in [0.15, 0.2) is 15.2 Å². The number of thioether (sulfide) groups is 1. The molecule has 4 nitrogen and oxygen atoms in total. The Labute approximate surface area is 122 Å². The lowest BCUT2D eigenvalue weighted by atomic mass is 10.3. The Bertz CT molecular complexity index is 450. The number of halogens is 1. The highest BCUT2D eigenvalue weighted by Crippen LogP contribution is 2.20. The Morgan fingerprint density at radius 2 is 2.39 bits per heavy atom. The first-order valence-corrected chi connectivity index (χ1v) is 8.22.